The number of aliphatic hydroxyl groups is 1. The van der Waals surface area contributed by atoms with E-state index in [0.717, 1.165) is 32.2 Å². The minimum absolute atomic E-state index is 0.370. The normalized spacial score (nSPS) is 12.8. The zero-order chi connectivity index (χ0) is 20.1. The van der Waals surface area contributed by atoms with Gasteiger partial charge in [0.05, 0.1) is 16.8 Å². The van der Waals surface area contributed by atoms with E-state index in [-0.39, 0.29) is 6.61 Å². The first-order valence-electron chi connectivity index (χ1n) is 8.76. The minimum Gasteiger partial charge on any atom is -0.485 e. The van der Waals surface area contributed by atoms with Crippen molar-refractivity contribution in [3.05, 3.63) is 65.8 Å². The first-order chi connectivity index (χ1) is 13.5. The van der Waals surface area contributed by atoms with E-state index >= 15 is 0 Å². The van der Waals surface area contributed by atoms with Crippen molar-refractivity contribution in [1.82, 2.24) is 9.97 Å². The van der Waals surface area contributed by atoms with Gasteiger partial charge in [-0.1, -0.05) is 18.7 Å². The molecule has 2 aromatic heterocycles. The van der Waals surface area contributed by atoms with E-state index in [2.05, 4.69) is 11.6 Å². The third-order valence-corrected chi connectivity index (χ3v) is 5.12. The van der Waals surface area contributed by atoms with E-state index < -0.39 is 12.8 Å². The first kappa shape index (κ1) is 20.0. The summed E-state index contributed by atoms with van der Waals surface area (Å²) in [6.07, 6.45) is 4.59. The summed E-state index contributed by atoms with van der Waals surface area (Å²) in [5, 5.41) is 9.95. The number of ether oxygens (including phenoxy) is 1. The molecule has 0 radical (unpaired) electrons. The van der Waals surface area contributed by atoms with Gasteiger partial charge in [-0.2, -0.15) is 0 Å². The number of allylic oxidation sites excluding steroid dienone is 2. The molecule has 0 spiro atoms. The van der Waals surface area contributed by atoms with Crippen LogP contribution < -0.4 is 9.64 Å². The lowest BCUT2D eigenvalue weighted by Gasteiger charge is -2.12. The van der Waals surface area contributed by atoms with Gasteiger partial charge in [-0.25, -0.2) is 14.4 Å². The fourth-order valence-corrected chi connectivity index (χ4v) is 3.66. The summed E-state index contributed by atoms with van der Waals surface area (Å²) in [5.41, 5.74) is 2.69. The molecule has 1 unspecified atom stereocenters. The fraction of sp³-hybridized carbons (Fsp3) is 0.238. The van der Waals surface area contributed by atoms with Crippen molar-refractivity contribution >= 4 is 32.9 Å². The molecule has 0 aliphatic rings. The molecule has 0 aliphatic carbocycles. The summed E-state index contributed by atoms with van der Waals surface area (Å²) in [7, 11) is 3.89. The molecule has 0 saturated heterocycles. The monoisotopic (exact) mass is 399 g/mol. The maximum atomic E-state index is 12.8. The molecule has 2 heterocycles. The van der Waals surface area contributed by atoms with Crippen LogP contribution in [-0.4, -0.2) is 48.6 Å². The molecular weight excluding hydrogens is 377 g/mol. The average molecular weight is 399 g/mol. The summed E-state index contributed by atoms with van der Waals surface area (Å²) in [6, 6.07) is 9.33. The second-order valence-corrected chi connectivity index (χ2v) is 7.37. The Morgan fingerprint density at radius 3 is 2.79 bits per heavy atom. The van der Waals surface area contributed by atoms with Crippen molar-refractivity contribution in [3.63, 3.8) is 0 Å². The second kappa shape index (κ2) is 8.95. The van der Waals surface area contributed by atoms with Crippen molar-refractivity contribution < 1.29 is 14.2 Å². The zero-order valence-electron chi connectivity index (χ0n) is 15.8. The number of fused-ring (bicyclic) bond motifs is 1. The van der Waals surface area contributed by atoms with E-state index in [4.69, 9.17) is 14.8 Å². The topological polar surface area (TPSA) is 58.5 Å². The van der Waals surface area contributed by atoms with Crippen molar-refractivity contribution in [2.75, 3.05) is 32.3 Å². The highest BCUT2D eigenvalue weighted by atomic mass is 32.1. The summed E-state index contributed by atoms with van der Waals surface area (Å²) in [5.74, 6) is 1.38. The highest BCUT2D eigenvalue weighted by molar-refractivity contribution is 7.19. The SMILES string of the molecule is C=C/C=C(\c1ccc(N(C)C)nc1)c1nc2ccc(OC(CO)CF)cc2s1. The Kier molecular flexibility index (Phi) is 6.38. The van der Waals surface area contributed by atoms with Gasteiger partial charge in [0.25, 0.3) is 0 Å². The summed E-state index contributed by atoms with van der Waals surface area (Å²) in [6.45, 7) is 2.69. The number of benzene rings is 1. The lowest BCUT2D eigenvalue weighted by molar-refractivity contribution is 0.0933. The van der Waals surface area contributed by atoms with Crippen LogP contribution in [0.3, 0.4) is 0 Å². The maximum absolute atomic E-state index is 12.8. The number of nitrogens with zero attached hydrogens (tertiary/aromatic N) is 3. The third kappa shape index (κ3) is 4.37. The summed E-state index contributed by atoms with van der Waals surface area (Å²) >= 11 is 1.51. The molecule has 0 aliphatic heterocycles. The first-order valence-corrected chi connectivity index (χ1v) is 9.58. The molecule has 7 heteroatoms. The number of rotatable bonds is 8. The number of hydrogen-bond acceptors (Lipinski definition) is 6. The number of aromatic nitrogens is 2. The van der Waals surface area contributed by atoms with Crippen LogP contribution >= 0.6 is 11.3 Å². The van der Waals surface area contributed by atoms with E-state index in [1.807, 2.05) is 55.5 Å². The molecule has 0 bridgehead atoms. The number of anilines is 1. The summed E-state index contributed by atoms with van der Waals surface area (Å²) in [4.78, 5) is 11.1. The van der Waals surface area contributed by atoms with Gasteiger partial charge >= 0.3 is 0 Å². The molecule has 5 nitrogen and oxygen atoms in total. The van der Waals surface area contributed by atoms with Gasteiger partial charge in [-0.3, -0.25) is 0 Å². The molecular formula is C21H22FN3O2S. The van der Waals surface area contributed by atoms with Crippen molar-refractivity contribution in [2.45, 2.75) is 6.10 Å². The van der Waals surface area contributed by atoms with Gasteiger partial charge in [0, 0.05) is 31.4 Å². The van der Waals surface area contributed by atoms with Crippen LogP contribution in [0.5, 0.6) is 5.75 Å². The van der Waals surface area contributed by atoms with Crippen molar-refractivity contribution in [2.24, 2.45) is 0 Å². The number of alkyl halides is 1. The second-order valence-electron chi connectivity index (χ2n) is 6.34. The molecule has 146 valence electrons. The Balaban J connectivity index is 1.95. The number of pyridine rings is 1. The Morgan fingerprint density at radius 2 is 2.18 bits per heavy atom. The average Bonchev–Trinajstić information content (AvgIpc) is 3.13. The third-order valence-electron chi connectivity index (χ3n) is 4.07. The van der Waals surface area contributed by atoms with Crippen LogP contribution in [0.25, 0.3) is 15.8 Å². The molecule has 1 N–H and O–H groups in total. The molecule has 28 heavy (non-hydrogen) atoms. The standard InChI is InChI=1S/C21H22FN3O2S/c1-4-5-17(14-6-9-20(23-12-14)25(2)3)21-24-18-8-7-15(10-19(18)28-21)27-16(11-22)13-26/h4-10,12,16,26H,1,11,13H2,2-3H3/b17-5+. The van der Waals surface area contributed by atoms with Gasteiger partial charge in [0.1, 0.15) is 29.4 Å². The largest absolute Gasteiger partial charge is 0.485 e. The van der Waals surface area contributed by atoms with Gasteiger partial charge in [0.15, 0.2) is 0 Å². The summed E-state index contributed by atoms with van der Waals surface area (Å²) < 4.78 is 19.2. The molecule has 3 rings (SSSR count). The van der Waals surface area contributed by atoms with Crippen LogP contribution in [0, 0.1) is 0 Å². The van der Waals surface area contributed by atoms with Crippen molar-refractivity contribution in [3.8, 4) is 5.75 Å². The molecule has 0 fully saturated rings. The molecule has 0 saturated carbocycles. The Morgan fingerprint density at radius 1 is 1.36 bits per heavy atom. The Bertz CT molecular complexity index is 979. The molecule has 1 atom stereocenters. The van der Waals surface area contributed by atoms with Crippen LogP contribution in [-0.2, 0) is 0 Å². The van der Waals surface area contributed by atoms with Crippen LogP contribution in [0.1, 0.15) is 10.6 Å². The number of thiazole rings is 1. The fourth-order valence-electron chi connectivity index (χ4n) is 2.62. The number of hydrogen-bond donors (Lipinski definition) is 1. The Labute approximate surface area is 167 Å². The van der Waals surface area contributed by atoms with Crippen LogP contribution in [0.15, 0.2) is 55.3 Å². The van der Waals surface area contributed by atoms with E-state index in [1.54, 1.807) is 12.1 Å². The molecule has 0 amide bonds. The maximum Gasteiger partial charge on any atom is 0.150 e. The van der Waals surface area contributed by atoms with Gasteiger partial charge in [0.2, 0.25) is 0 Å². The quantitative estimate of drug-likeness (QED) is 0.579. The Hall–Kier alpha value is -2.77. The predicted octanol–water partition coefficient (Wildman–Crippen LogP) is 4.08. The van der Waals surface area contributed by atoms with Gasteiger partial charge in [-0.05, 0) is 30.3 Å². The molecule has 1 aromatic carbocycles. The zero-order valence-corrected chi connectivity index (χ0v) is 16.6. The lowest BCUT2D eigenvalue weighted by Crippen LogP contribution is -2.23. The smallest absolute Gasteiger partial charge is 0.150 e. The van der Waals surface area contributed by atoms with Crippen LogP contribution in [0.4, 0.5) is 10.2 Å². The number of halogens is 1. The van der Waals surface area contributed by atoms with Crippen molar-refractivity contribution in [1.29, 1.82) is 0 Å². The van der Waals surface area contributed by atoms with Gasteiger partial charge < -0.3 is 14.7 Å². The predicted molar refractivity (Wildman–Crippen MR) is 113 cm³/mol. The lowest BCUT2D eigenvalue weighted by atomic mass is 10.1. The molecule has 3 aromatic rings. The van der Waals surface area contributed by atoms with E-state index in [0.29, 0.717) is 5.75 Å². The van der Waals surface area contributed by atoms with Gasteiger partial charge in [-0.15, -0.1) is 11.3 Å². The number of aliphatic hydroxyl groups excluding tert-OH is 1. The minimum atomic E-state index is -0.859. The van der Waals surface area contributed by atoms with E-state index in [1.165, 1.54) is 11.3 Å². The highest BCUT2D eigenvalue weighted by Crippen LogP contribution is 2.33. The van der Waals surface area contributed by atoms with Crippen LogP contribution in [0.2, 0.25) is 0 Å². The highest BCUT2D eigenvalue weighted by Gasteiger charge is 2.14. The van der Waals surface area contributed by atoms with E-state index in [9.17, 15) is 4.39 Å².